The van der Waals surface area contributed by atoms with E-state index < -0.39 is 0 Å². The highest BCUT2D eigenvalue weighted by atomic mass is 14.7. The third-order valence-electron chi connectivity index (χ3n) is 0. The van der Waals surface area contributed by atoms with Crippen LogP contribution >= 0.6 is 0 Å². The van der Waals surface area contributed by atoms with Crippen LogP contribution in [0, 0.1) is 0 Å². The van der Waals surface area contributed by atoms with Gasteiger partial charge in [-0.05, 0) is 28.2 Å². The topological polar surface area (TPSA) is 24.1 Å². The van der Waals surface area contributed by atoms with Crippen molar-refractivity contribution in [1.82, 2.24) is 10.6 Å². The highest BCUT2D eigenvalue weighted by molar-refractivity contribution is 3.92. The van der Waals surface area contributed by atoms with Gasteiger partial charge in [0.1, 0.15) is 0 Å². The fourth-order valence-corrected chi connectivity index (χ4v) is 0. The van der Waals surface area contributed by atoms with Crippen LogP contribution in [0.4, 0.5) is 0 Å². The molecule has 14 heavy (non-hydrogen) atoms. The van der Waals surface area contributed by atoms with E-state index in [1.807, 2.05) is 28.2 Å². The fraction of sp³-hybridized carbons (Fsp3) is 1.00. The van der Waals surface area contributed by atoms with Crippen LogP contribution < -0.4 is 10.6 Å². The summed E-state index contributed by atoms with van der Waals surface area (Å²) in [6, 6.07) is 0. The molecule has 0 aliphatic rings. The molecule has 0 aliphatic heterocycles. The van der Waals surface area contributed by atoms with Crippen molar-refractivity contribution >= 4 is 0 Å². The van der Waals surface area contributed by atoms with Crippen molar-refractivity contribution in [3.8, 4) is 0 Å². The first-order chi connectivity index (χ1) is 4.24. The van der Waals surface area contributed by atoms with Gasteiger partial charge in [0.15, 0.2) is 0 Å². The quantitative estimate of drug-likeness (QED) is 0.629. The average molecular weight is 214 g/mol. The van der Waals surface area contributed by atoms with Gasteiger partial charge in [0.25, 0.3) is 0 Å². The summed E-state index contributed by atoms with van der Waals surface area (Å²) in [5.41, 5.74) is 0. The third kappa shape index (κ3) is 222000. The molecule has 2 N–H and O–H groups in total. The number of hydrogen-bond donors (Lipinski definition) is 2. The summed E-state index contributed by atoms with van der Waals surface area (Å²) < 4.78 is 0. The molecule has 0 aromatic rings. The summed E-state index contributed by atoms with van der Waals surface area (Å²) in [5.74, 6) is 0. The maximum absolute atomic E-state index is 2.75. The molecule has 2 heteroatoms. The molecule has 0 fully saturated rings. The first-order valence-corrected chi connectivity index (χ1v) is 3.41. The summed E-state index contributed by atoms with van der Waals surface area (Å²) in [6.07, 6.45) is 1.25. The normalized spacial score (nSPS) is 3.86. The molecule has 0 saturated heterocycles. The Kier molecular flexibility index (Phi) is 1020. The molecule has 0 aliphatic carbocycles. The van der Waals surface area contributed by atoms with Gasteiger partial charge in [0.05, 0.1) is 0 Å². The van der Waals surface area contributed by atoms with Crippen molar-refractivity contribution in [2.24, 2.45) is 0 Å². The average Bonchev–Trinajstić information content (AvgIpc) is 1.70. The Morgan fingerprint density at radius 3 is 0.571 bits per heavy atom. The van der Waals surface area contributed by atoms with Crippen molar-refractivity contribution < 1.29 is 0 Å². The maximum atomic E-state index is 2.75. The summed E-state index contributed by atoms with van der Waals surface area (Å²) in [5, 5.41) is 5.50. The zero-order chi connectivity index (χ0) is 8.12. The Labute approximate surface area is 96.9 Å². The molecule has 0 rings (SSSR count). The molecule has 0 heterocycles. The Balaban J connectivity index is -0.00000000545. The van der Waals surface area contributed by atoms with E-state index in [-0.39, 0.29) is 37.1 Å². The van der Waals surface area contributed by atoms with E-state index in [4.69, 9.17) is 0 Å². The van der Waals surface area contributed by atoms with Gasteiger partial charge in [0.2, 0.25) is 0 Å². The van der Waals surface area contributed by atoms with Gasteiger partial charge in [-0.1, -0.05) is 57.4 Å². The molecule has 0 atom stereocenters. The number of hydrogen-bond acceptors (Lipinski definition) is 2. The highest BCUT2D eigenvalue weighted by Crippen LogP contribution is 1.56. The first-order valence-electron chi connectivity index (χ1n) is 3.41. The summed E-state index contributed by atoms with van der Waals surface area (Å²) in [6.45, 7) is 4.25. The number of nitrogens with one attached hydrogen (secondary N) is 2. The predicted octanol–water partition coefficient (Wildman–Crippen LogP) is 4.27. The summed E-state index contributed by atoms with van der Waals surface area (Å²) in [4.78, 5) is 0. The largest absolute Gasteiger partial charge is 0.323 e. The van der Waals surface area contributed by atoms with Crippen LogP contribution in [0.15, 0.2) is 0 Å². The Morgan fingerprint density at radius 2 is 0.571 bits per heavy atom. The predicted molar refractivity (Wildman–Crippen MR) is 79.6 cm³/mol. The molecule has 2 nitrogen and oxygen atoms in total. The standard InChI is InChI=1S/C3H8.2C2H7N.5CH4/c3*1-3-2;;;;;/h3H2,1-2H3;2*3H,1-2H3;5*1H4. The van der Waals surface area contributed by atoms with Gasteiger partial charge in [-0.3, -0.25) is 0 Å². The van der Waals surface area contributed by atoms with Gasteiger partial charge >= 0.3 is 0 Å². The van der Waals surface area contributed by atoms with Crippen LogP contribution in [0.3, 0.4) is 0 Å². The number of rotatable bonds is 0. The minimum atomic E-state index is 0. The van der Waals surface area contributed by atoms with Crippen molar-refractivity contribution in [1.29, 1.82) is 0 Å². The second kappa shape index (κ2) is 215. The van der Waals surface area contributed by atoms with Crippen LogP contribution in [-0.4, -0.2) is 28.2 Å². The molecular weight excluding hydrogens is 172 g/mol. The van der Waals surface area contributed by atoms with Gasteiger partial charge in [-0.2, -0.15) is 0 Å². The SMILES string of the molecule is C.C.C.C.C.CCC.CNC.CNC. The van der Waals surface area contributed by atoms with Gasteiger partial charge < -0.3 is 10.6 Å². The Hall–Kier alpha value is -0.0800. The lowest BCUT2D eigenvalue weighted by atomic mass is 10.6. The van der Waals surface area contributed by atoms with Crippen molar-refractivity contribution in [3.63, 3.8) is 0 Å². The van der Waals surface area contributed by atoms with E-state index in [1.165, 1.54) is 6.42 Å². The monoisotopic (exact) mass is 214 g/mol. The molecule has 0 amide bonds. The van der Waals surface area contributed by atoms with Crippen LogP contribution in [0.5, 0.6) is 0 Å². The second-order valence-corrected chi connectivity index (χ2v) is 1.71. The Bertz CT molecular complexity index is 13.0. The second-order valence-electron chi connectivity index (χ2n) is 1.71. The van der Waals surface area contributed by atoms with Gasteiger partial charge in [-0.25, -0.2) is 0 Å². The highest BCUT2D eigenvalue weighted by Gasteiger charge is 1.35. The first kappa shape index (κ1) is 66.3. The minimum Gasteiger partial charge on any atom is -0.323 e. The lowest BCUT2D eigenvalue weighted by Gasteiger charge is -1.59. The zero-order valence-electron chi connectivity index (χ0n) is 7.71. The van der Waals surface area contributed by atoms with E-state index in [0.717, 1.165) is 0 Å². The van der Waals surface area contributed by atoms with Crippen LogP contribution in [0.25, 0.3) is 0 Å². The van der Waals surface area contributed by atoms with Crippen LogP contribution in [0.2, 0.25) is 0 Å². The molecule has 0 radical (unpaired) electrons. The molecule has 100 valence electrons. The molecule has 0 aromatic carbocycles. The molecular formula is C12H42N2. The molecule has 0 saturated carbocycles. The lowest BCUT2D eigenvalue weighted by Crippen LogP contribution is -1.89. The van der Waals surface area contributed by atoms with Crippen molar-refractivity contribution in [2.75, 3.05) is 28.2 Å². The van der Waals surface area contributed by atoms with E-state index in [0.29, 0.717) is 0 Å². The molecule has 0 bridgehead atoms. The molecule has 0 unspecified atom stereocenters. The summed E-state index contributed by atoms with van der Waals surface area (Å²) >= 11 is 0. The molecule has 0 spiro atoms. The third-order valence-corrected chi connectivity index (χ3v) is 0. The van der Waals surface area contributed by atoms with E-state index >= 15 is 0 Å². The van der Waals surface area contributed by atoms with Gasteiger partial charge in [0, 0.05) is 0 Å². The van der Waals surface area contributed by atoms with E-state index in [2.05, 4.69) is 24.5 Å². The lowest BCUT2D eigenvalue weighted by molar-refractivity contribution is 1.02. The van der Waals surface area contributed by atoms with Crippen molar-refractivity contribution in [3.05, 3.63) is 0 Å². The molecule has 0 aromatic heterocycles. The van der Waals surface area contributed by atoms with E-state index in [9.17, 15) is 0 Å². The smallest absolute Gasteiger partial charge is 0.0167 e. The van der Waals surface area contributed by atoms with Crippen LogP contribution in [-0.2, 0) is 0 Å². The summed E-state index contributed by atoms with van der Waals surface area (Å²) in [7, 11) is 7.50. The van der Waals surface area contributed by atoms with Crippen LogP contribution in [0.1, 0.15) is 57.4 Å². The fourth-order valence-electron chi connectivity index (χ4n) is 0. The minimum absolute atomic E-state index is 0. The van der Waals surface area contributed by atoms with Gasteiger partial charge in [-0.15, -0.1) is 0 Å². The van der Waals surface area contributed by atoms with E-state index in [1.54, 1.807) is 0 Å². The zero-order valence-corrected chi connectivity index (χ0v) is 7.71. The Morgan fingerprint density at radius 1 is 0.571 bits per heavy atom. The van der Waals surface area contributed by atoms with Crippen molar-refractivity contribution in [2.45, 2.75) is 57.4 Å². The maximum Gasteiger partial charge on any atom is -0.0167 e.